The minimum Gasteiger partial charge on any atom is -0.496 e. The molecule has 1 heterocycles. The van der Waals surface area contributed by atoms with Gasteiger partial charge in [0, 0.05) is 18.9 Å². The van der Waals surface area contributed by atoms with E-state index in [1.807, 2.05) is 60.0 Å². The number of aryl methyl sites for hydroxylation is 1. The van der Waals surface area contributed by atoms with E-state index in [0.717, 1.165) is 21.9 Å². The van der Waals surface area contributed by atoms with E-state index in [-0.39, 0.29) is 11.6 Å². The molecule has 0 spiro atoms. The number of para-hydroxylation sites is 1. The molecule has 0 aliphatic heterocycles. The number of carbonyl (C=O) groups excluding carboxylic acids is 1. The van der Waals surface area contributed by atoms with Crippen molar-refractivity contribution in [3.05, 3.63) is 66.0 Å². The Morgan fingerprint density at radius 3 is 2.42 bits per heavy atom. The van der Waals surface area contributed by atoms with Crippen molar-refractivity contribution < 1.29 is 14.4 Å². The number of rotatable bonds is 5. The molecule has 2 aromatic carbocycles. The molecule has 0 N–H and O–H groups in total. The highest BCUT2D eigenvalue weighted by molar-refractivity contribution is 5.92. The summed E-state index contributed by atoms with van der Waals surface area (Å²) in [5, 5.41) is 1.15. The Morgan fingerprint density at radius 1 is 1.08 bits per heavy atom. The highest BCUT2D eigenvalue weighted by Crippen LogP contribution is 2.31. The fourth-order valence-electron chi connectivity index (χ4n) is 2.65. The summed E-state index contributed by atoms with van der Waals surface area (Å²) in [5.41, 5.74) is 3.15. The molecule has 0 saturated heterocycles. The van der Waals surface area contributed by atoms with Crippen LogP contribution in [-0.2, 0) is 4.84 Å². The van der Waals surface area contributed by atoms with Gasteiger partial charge in [0.25, 0.3) is 5.91 Å². The maximum atomic E-state index is 12.5. The van der Waals surface area contributed by atoms with Crippen molar-refractivity contribution in [2.45, 2.75) is 6.92 Å². The molecule has 26 heavy (non-hydrogen) atoms. The molecular formula is C20H21N3O3. The Kier molecular flexibility index (Phi) is 5.04. The van der Waals surface area contributed by atoms with Crippen molar-refractivity contribution in [2.24, 2.45) is 0 Å². The molecular weight excluding hydrogens is 330 g/mol. The maximum Gasteiger partial charge on any atom is 0.297 e. The van der Waals surface area contributed by atoms with Crippen molar-refractivity contribution >= 4 is 5.91 Å². The second kappa shape index (κ2) is 7.41. The van der Waals surface area contributed by atoms with Gasteiger partial charge in [0.1, 0.15) is 17.3 Å². The second-order valence-corrected chi connectivity index (χ2v) is 5.84. The molecule has 134 valence electrons. The number of hydrogen-bond acceptors (Lipinski definition) is 4. The quantitative estimate of drug-likeness (QED) is 0.660. The van der Waals surface area contributed by atoms with Crippen molar-refractivity contribution in [3.8, 4) is 22.8 Å². The Balaban J connectivity index is 2.19. The van der Waals surface area contributed by atoms with E-state index in [9.17, 15) is 4.79 Å². The summed E-state index contributed by atoms with van der Waals surface area (Å²) in [6.07, 6.45) is 1.71. The van der Waals surface area contributed by atoms with Gasteiger partial charge in [-0.2, -0.15) is 0 Å². The van der Waals surface area contributed by atoms with Crippen LogP contribution >= 0.6 is 0 Å². The van der Waals surface area contributed by atoms with Crippen LogP contribution in [0.4, 0.5) is 0 Å². The van der Waals surface area contributed by atoms with E-state index >= 15 is 0 Å². The normalized spacial score (nSPS) is 10.6. The number of aromatic nitrogens is 2. The lowest BCUT2D eigenvalue weighted by Gasteiger charge is -2.11. The zero-order valence-electron chi connectivity index (χ0n) is 15.3. The van der Waals surface area contributed by atoms with Gasteiger partial charge in [-0.25, -0.2) is 10.0 Å². The number of ether oxygens (including phenoxy) is 1. The zero-order chi connectivity index (χ0) is 18.7. The van der Waals surface area contributed by atoms with Crippen LogP contribution in [0.1, 0.15) is 16.1 Å². The summed E-state index contributed by atoms with van der Waals surface area (Å²) in [6, 6.07) is 15.6. The Morgan fingerprint density at radius 2 is 1.77 bits per heavy atom. The lowest BCUT2D eigenvalue weighted by Crippen LogP contribution is -2.25. The highest BCUT2D eigenvalue weighted by atomic mass is 16.7. The summed E-state index contributed by atoms with van der Waals surface area (Å²) < 4.78 is 7.36. The van der Waals surface area contributed by atoms with Crippen LogP contribution in [0.25, 0.3) is 17.1 Å². The number of nitrogens with zero attached hydrogens (tertiary/aromatic N) is 3. The van der Waals surface area contributed by atoms with Crippen LogP contribution in [0.2, 0.25) is 0 Å². The van der Waals surface area contributed by atoms with Gasteiger partial charge in [-0.3, -0.25) is 14.2 Å². The van der Waals surface area contributed by atoms with Crippen molar-refractivity contribution in [1.29, 1.82) is 0 Å². The van der Waals surface area contributed by atoms with E-state index in [0.29, 0.717) is 11.6 Å². The molecule has 6 nitrogen and oxygen atoms in total. The number of methoxy groups -OCH3 is 1. The molecule has 0 radical (unpaired) electrons. The monoisotopic (exact) mass is 351 g/mol. The van der Waals surface area contributed by atoms with Gasteiger partial charge < -0.3 is 4.74 Å². The van der Waals surface area contributed by atoms with Gasteiger partial charge in [-0.05, 0) is 31.2 Å². The lowest BCUT2D eigenvalue weighted by molar-refractivity contribution is -0.0760. The Bertz CT molecular complexity index is 916. The smallest absolute Gasteiger partial charge is 0.297 e. The van der Waals surface area contributed by atoms with Gasteiger partial charge in [-0.1, -0.05) is 29.8 Å². The third kappa shape index (κ3) is 3.32. The van der Waals surface area contributed by atoms with Gasteiger partial charge in [0.2, 0.25) is 0 Å². The fourth-order valence-corrected chi connectivity index (χ4v) is 2.65. The minimum absolute atomic E-state index is 0.288. The van der Waals surface area contributed by atoms with Crippen LogP contribution in [0.5, 0.6) is 5.75 Å². The Hall–Kier alpha value is -3.12. The molecule has 0 aliphatic rings. The van der Waals surface area contributed by atoms with Gasteiger partial charge >= 0.3 is 0 Å². The highest BCUT2D eigenvalue weighted by Gasteiger charge is 2.21. The largest absolute Gasteiger partial charge is 0.496 e. The zero-order valence-corrected chi connectivity index (χ0v) is 15.3. The van der Waals surface area contributed by atoms with E-state index in [2.05, 4.69) is 4.98 Å². The molecule has 1 amide bonds. The SMILES string of the molecule is COc1ccccc1-c1nc(C(=O)N(C)OC)cn1-c1ccc(C)cc1. The van der Waals surface area contributed by atoms with Gasteiger partial charge in [0.05, 0.1) is 19.8 Å². The van der Waals surface area contributed by atoms with E-state index in [4.69, 9.17) is 9.57 Å². The van der Waals surface area contributed by atoms with E-state index in [1.54, 1.807) is 20.4 Å². The molecule has 0 bridgehead atoms. The number of benzene rings is 2. The first-order valence-corrected chi connectivity index (χ1v) is 8.17. The van der Waals surface area contributed by atoms with Gasteiger partial charge in [0.15, 0.2) is 0 Å². The molecule has 6 heteroatoms. The summed E-state index contributed by atoms with van der Waals surface area (Å²) in [7, 11) is 4.61. The first kappa shape index (κ1) is 17.7. The third-order valence-electron chi connectivity index (χ3n) is 4.14. The number of hydrogen-bond donors (Lipinski definition) is 0. The fraction of sp³-hybridized carbons (Fsp3) is 0.200. The number of carbonyl (C=O) groups is 1. The van der Waals surface area contributed by atoms with Crippen LogP contribution in [0, 0.1) is 6.92 Å². The van der Waals surface area contributed by atoms with E-state index < -0.39 is 0 Å². The van der Waals surface area contributed by atoms with Crippen LogP contribution in [0.3, 0.4) is 0 Å². The number of hydroxylamine groups is 2. The summed E-state index contributed by atoms with van der Waals surface area (Å²) in [6.45, 7) is 2.03. The molecule has 1 aromatic heterocycles. The molecule has 0 saturated carbocycles. The Labute approximate surface area is 152 Å². The predicted molar refractivity (Wildman–Crippen MR) is 99.4 cm³/mol. The standard InChI is InChI=1S/C20H21N3O3/c1-14-9-11-15(12-10-14)23-13-17(20(24)22(2)26-4)21-19(23)16-7-5-6-8-18(16)25-3/h5-13H,1-4H3. The van der Waals surface area contributed by atoms with Crippen LogP contribution in [-0.4, -0.2) is 41.8 Å². The average molecular weight is 351 g/mol. The predicted octanol–water partition coefficient (Wildman–Crippen LogP) is 3.49. The molecule has 0 fully saturated rings. The molecule has 3 aromatic rings. The number of amides is 1. The average Bonchev–Trinajstić information content (AvgIpc) is 3.12. The van der Waals surface area contributed by atoms with E-state index in [1.165, 1.54) is 7.11 Å². The van der Waals surface area contributed by atoms with Gasteiger partial charge in [-0.15, -0.1) is 0 Å². The summed E-state index contributed by atoms with van der Waals surface area (Å²) >= 11 is 0. The second-order valence-electron chi connectivity index (χ2n) is 5.84. The maximum absolute atomic E-state index is 12.5. The number of imidazole rings is 1. The first-order chi connectivity index (χ1) is 12.5. The summed E-state index contributed by atoms with van der Waals surface area (Å²) in [4.78, 5) is 22.1. The van der Waals surface area contributed by atoms with Crippen molar-refractivity contribution in [1.82, 2.24) is 14.6 Å². The topological polar surface area (TPSA) is 56.6 Å². The first-order valence-electron chi connectivity index (χ1n) is 8.17. The van der Waals surface area contributed by atoms with Crippen LogP contribution in [0.15, 0.2) is 54.7 Å². The molecule has 0 unspecified atom stereocenters. The van der Waals surface area contributed by atoms with Crippen LogP contribution < -0.4 is 4.74 Å². The third-order valence-corrected chi connectivity index (χ3v) is 4.14. The molecule has 3 rings (SSSR count). The molecule has 0 aliphatic carbocycles. The summed E-state index contributed by atoms with van der Waals surface area (Å²) in [5.74, 6) is 0.985. The lowest BCUT2D eigenvalue weighted by atomic mass is 10.1. The minimum atomic E-state index is -0.325. The van der Waals surface area contributed by atoms with Crippen molar-refractivity contribution in [3.63, 3.8) is 0 Å². The molecule has 0 atom stereocenters. The van der Waals surface area contributed by atoms with Crippen molar-refractivity contribution in [2.75, 3.05) is 21.3 Å².